The fraction of sp³-hybridized carbons (Fsp3) is 0.278. The molecular weight excluding hydrogens is 312 g/mol. The van der Waals surface area contributed by atoms with Gasteiger partial charge in [0.2, 0.25) is 0 Å². The molecule has 0 aromatic heterocycles. The van der Waals surface area contributed by atoms with Gasteiger partial charge >= 0.3 is 5.97 Å². The van der Waals surface area contributed by atoms with Crippen molar-refractivity contribution in [3.05, 3.63) is 47.0 Å². The number of ether oxygens (including phenoxy) is 5. The van der Waals surface area contributed by atoms with E-state index in [2.05, 4.69) is 0 Å². The van der Waals surface area contributed by atoms with Gasteiger partial charge in [0.1, 0.15) is 0 Å². The van der Waals surface area contributed by atoms with Crippen LogP contribution in [-0.4, -0.2) is 34.4 Å². The van der Waals surface area contributed by atoms with Crippen molar-refractivity contribution in [3.8, 4) is 23.0 Å². The van der Waals surface area contributed by atoms with E-state index in [1.807, 2.05) is 6.07 Å². The number of hydrogen-bond donors (Lipinski definition) is 0. The maximum absolute atomic E-state index is 12.2. The molecule has 0 bridgehead atoms. The zero-order valence-electron chi connectivity index (χ0n) is 13.9. The lowest BCUT2D eigenvalue weighted by Gasteiger charge is -2.17. The Balaban J connectivity index is 2.15. The number of esters is 1. The summed E-state index contributed by atoms with van der Waals surface area (Å²) in [6.45, 7) is 0. The molecule has 0 fully saturated rings. The predicted molar refractivity (Wildman–Crippen MR) is 86.4 cm³/mol. The minimum absolute atomic E-state index is 0.397. The SMILES string of the molecule is COc1ccc(C2OC(=O)c3ccc(OC)c(OC)c32)cc1OC. The normalized spacial score (nSPS) is 15.5. The van der Waals surface area contributed by atoms with Crippen LogP contribution in [0.4, 0.5) is 0 Å². The van der Waals surface area contributed by atoms with Crippen LogP contribution in [-0.2, 0) is 4.74 Å². The topological polar surface area (TPSA) is 63.2 Å². The molecule has 0 amide bonds. The molecule has 0 aliphatic carbocycles. The van der Waals surface area contributed by atoms with E-state index in [1.54, 1.807) is 45.6 Å². The molecule has 1 aliphatic heterocycles. The van der Waals surface area contributed by atoms with Crippen LogP contribution in [0.1, 0.15) is 27.6 Å². The van der Waals surface area contributed by atoms with E-state index in [-0.39, 0.29) is 0 Å². The zero-order chi connectivity index (χ0) is 17.3. The number of carbonyl (C=O) groups is 1. The van der Waals surface area contributed by atoms with Crippen molar-refractivity contribution in [2.75, 3.05) is 28.4 Å². The van der Waals surface area contributed by atoms with Crippen molar-refractivity contribution in [2.24, 2.45) is 0 Å². The Morgan fingerprint density at radius 1 is 0.833 bits per heavy atom. The van der Waals surface area contributed by atoms with Crippen LogP contribution in [0.5, 0.6) is 23.0 Å². The van der Waals surface area contributed by atoms with E-state index >= 15 is 0 Å². The Morgan fingerprint density at radius 2 is 1.50 bits per heavy atom. The summed E-state index contributed by atoms with van der Waals surface area (Å²) in [6, 6.07) is 8.75. The highest BCUT2D eigenvalue weighted by atomic mass is 16.6. The minimum Gasteiger partial charge on any atom is -0.493 e. The monoisotopic (exact) mass is 330 g/mol. The summed E-state index contributed by atoms with van der Waals surface area (Å²) in [5, 5.41) is 0. The Labute approximate surface area is 139 Å². The highest BCUT2D eigenvalue weighted by Crippen LogP contribution is 2.46. The van der Waals surface area contributed by atoms with Gasteiger partial charge in [-0.25, -0.2) is 4.79 Å². The first-order valence-electron chi connectivity index (χ1n) is 7.32. The van der Waals surface area contributed by atoms with Gasteiger partial charge in [-0.05, 0) is 24.3 Å². The van der Waals surface area contributed by atoms with Crippen LogP contribution >= 0.6 is 0 Å². The smallest absolute Gasteiger partial charge is 0.339 e. The van der Waals surface area contributed by atoms with Gasteiger partial charge in [-0.1, -0.05) is 6.07 Å². The highest BCUT2D eigenvalue weighted by Gasteiger charge is 2.37. The lowest BCUT2D eigenvalue weighted by Crippen LogP contribution is -2.04. The van der Waals surface area contributed by atoms with Crippen LogP contribution in [0.2, 0.25) is 0 Å². The number of fused-ring (bicyclic) bond motifs is 1. The summed E-state index contributed by atoms with van der Waals surface area (Å²) in [5.74, 6) is 1.79. The molecule has 1 aliphatic rings. The molecule has 6 heteroatoms. The largest absolute Gasteiger partial charge is 0.493 e. The molecule has 2 aromatic carbocycles. The van der Waals surface area contributed by atoms with Crippen LogP contribution in [0.25, 0.3) is 0 Å². The first-order chi connectivity index (χ1) is 11.6. The lowest BCUT2D eigenvalue weighted by molar-refractivity contribution is 0.0453. The molecule has 24 heavy (non-hydrogen) atoms. The van der Waals surface area contributed by atoms with Crippen molar-refractivity contribution in [2.45, 2.75) is 6.10 Å². The molecule has 1 atom stereocenters. The van der Waals surface area contributed by atoms with Crippen molar-refractivity contribution in [1.29, 1.82) is 0 Å². The Bertz CT molecular complexity index is 783. The van der Waals surface area contributed by atoms with E-state index in [0.29, 0.717) is 34.1 Å². The first kappa shape index (κ1) is 16.0. The molecule has 0 saturated carbocycles. The highest BCUT2D eigenvalue weighted by molar-refractivity contribution is 5.96. The number of hydrogen-bond acceptors (Lipinski definition) is 6. The standard InChI is InChI=1S/C18H18O6/c1-20-12-7-5-10(9-14(12)22-3)16-15-11(18(19)24-16)6-8-13(21-2)17(15)23-4/h5-9,16H,1-4H3. The molecule has 0 N–H and O–H groups in total. The van der Waals surface area contributed by atoms with Crippen molar-refractivity contribution < 1.29 is 28.5 Å². The summed E-state index contributed by atoms with van der Waals surface area (Å²) in [6.07, 6.45) is -0.600. The molecule has 1 unspecified atom stereocenters. The first-order valence-corrected chi connectivity index (χ1v) is 7.32. The number of methoxy groups -OCH3 is 4. The fourth-order valence-corrected chi connectivity index (χ4v) is 2.87. The van der Waals surface area contributed by atoms with E-state index < -0.39 is 12.1 Å². The molecule has 2 aromatic rings. The van der Waals surface area contributed by atoms with E-state index in [1.165, 1.54) is 7.11 Å². The number of carbonyl (C=O) groups excluding carboxylic acids is 1. The van der Waals surface area contributed by atoms with E-state index in [9.17, 15) is 4.79 Å². The summed E-state index contributed by atoms with van der Waals surface area (Å²) in [5.41, 5.74) is 1.87. The summed E-state index contributed by atoms with van der Waals surface area (Å²) in [4.78, 5) is 12.2. The second kappa shape index (κ2) is 6.31. The second-order valence-electron chi connectivity index (χ2n) is 5.16. The number of rotatable bonds is 5. The third kappa shape index (κ3) is 2.40. The Hall–Kier alpha value is -2.89. The van der Waals surface area contributed by atoms with Crippen LogP contribution in [0.3, 0.4) is 0 Å². The third-order valence-corrected chi connectivity index (χ3v) is 4.00. The summed E-state index contributed by atoms with van der Waals surface area (Å²) >= 11 is 0. The lowest BCUT2D eigenvalue weighted by atomic mass is 9.97. The molecular formula is C18H18O6. The van der Waals surface area contributed by atoms with Crippen LogP contribution in [0.15, 0.2) is 30.3 Å². The van der Waals surface area contributed by atoms with Gasteiger partial charge in [-0.3, -0.25) is 0 Å². The fourth-order valence-electron chi connectivity index (χ4n) is 2.87. The van der Waals surface area contributed by atoms with Crippen LogP contribution in [0, 0.1) is 0 Å². The molecule has 126 valence electrons. The minimum atomic E-state index is -0.600. The van der Waals surface area contributed by atoms with Gasteiger partial charge in [0, 0.05) is 5.56 Å². The third-order valence-electron chi connectivity index (χ3n) is 4.00. The van der Waals surface area contributed by atoms with Crippen molar-refractivity contribution in [3.63, 3.8) is 0 Å². The second-order valence-corrected chi connectivity index (χ2v) is 5.16. The van der Waals surface area contributed by atoms with Crippen molar-refractivity contribution in [1.82, 2.24) is 0 Å². The Morgan fingerprint density at radius 3 is 2.12 bits per heavy atom. The van der Waals surface area contributed by atoms with Crippen LogP contribution < -0.4 is 18.9 Å². The van der Waals surface area contributed by atoms with E-state index in [0.717, 1.165) is 5.56 Å². The maximum atomic E-state index is 12.2. The zero-order valence-corrected chi connectivity index (χ0v) is 13.9. The Kier molecular flexibility index (Phi) is 4.20. The van der Waals surface area contributed by atoms with Crippen molar-refractivity contribution >= 4 is 5.97 Å². The number of benzene rings is 2. The average Bonchev–Trinajstić information content (AvgIpc) is 2.97. The van der Waals surface area contributed by atoms with Gasteiger partial charge < -0.3 is 23.7 Å². The summed E-state index contributed by atoms with van der Waals surface area (Å²) in [7, 11) is 6.20. The maximum Gasteiger partial charge on any atom is 0.339 e. The van der Waals surface area contributed by atoms with E-state index in [4.69, 9.17) is 23.7 Å². The molecule has 3 rings (SSSR count). The van der Waals surface area contributed by atoms with Gasteiger partial charge in [-0.15, -0.1) is 0 Å². The van der Waals surface area contributed by atoms with Gasteiger partial charge in [0.25, 0.3) is 0 Å². The molecule has 0 saturated heterocycles. The summed E-state index contributed by atoms with van der Waals surface area (Å²) < 4.78 is 26.9. The number of cyclic esters (lactones) is 1. The molecule has 1 heterocycles. The van der Waals surface area contributed by atoms with Gasteiger partial charge in [0.05, 0.1) is 39.6 Å². The quantitative estimate of drug-likeness (QED) is 0.786. The van der Waals surface area contributed by atoms with Gasteiger partial charge in [0.15, 0.2) is 29.1 Å². The predicted octanol–water partition coefficient (Wildman–Crippen LogP) is 2.98. The molecule has 0 radical (unpaired) electrons. The van der Waals surface area contributed by atoms with Gasteiger partial charge in [-0.2, -0.15) is 0 Å². The average molecular weight is 330 g/mol. The molecule has 0 spiro atoms. The molecule has 6 nitrogen and oxygen atoms in total.